The fourth-order valence-electron chi connectivity index (χ4n) is 5.39. The number of likely N-dealkylation sites (tertiary alicyclic amines) is 1. The summed E-state index contributed by atoms with van der Waals surface area (Å²) in [6, 6.07) is 21.2. The van der Waals surface area contributed by atoms with Crippen molar-refractivity contribution in [3.05, 3.63) is 90.0 Å². The van der Waals surface area contributed by atoms with Gasteiger partial charge in [-0.15, -0.1) is 0 Å². The van der Waals surface area contributed by atoms with E-state index in [2.05, 4.69) is 69.9 Å². The summed E-state index contributed by atoms with van der Waals surface area (Å²) in [5.74, 6) is -0.0633. The Balaban J connectivity index is 1.53. The number of esters is 1. The minimum absolute atomic E-state index is 0.0633. The molecule has 0 N–H and O–H groups in total. The second-order valence-corrected chi connectivity index (χ2v) is 9.65. The third-order valence-corrected chi connectivity index (χ3v) is 7.27. The SMILES string of the molecule is CCCC[C@H]1C[C@@](Cc2ccccc2)(C(=O)OC)CCN1Cc1cncn1Cc1ccccc1. The lowest BCUT2D eigenvalue weighted by molar-refractivity contribution is -0.157. The highest BCUT2D eigenvalue weighted by molar-refractivity contribution is 5.77. The van der Waals surface area contributed by atoms with Crippen molar-refractivity contribution in [3.63, 3.8) is 0 Å². The normalized spacial score (nSPS) is 20.8. The lowest BCUT2D eigenvalue weighted by Gasteiger charge is -2.45. The first-order valence-electron chi connectivity index (χ1n) is 12.5. The number of carbonyl (C=O) groups is 1. The molecule has 2 heterocycles. The van der Waals surface area contributed by atoms with Gasteiger partial charge < -0.3 is 9.30 Å². The van der Waals surface area contributed by atoms with Crippen molar-refractivity contribution in [2.45, 2.75) is 64.6 Å². The Bertz CT molecular complexity index is 1030. The summed E-state index contributed by atoms with van der Waals surface area (Å²) in [5, 5.41) is 0. The summed E-state index contributed by atoms with van der Waals surface area (Å²) in [5.41, 5.74) is 3.24. The van der Waals surface area contributed by atoms with Gasteiger partial charge in [-0.3, -0.25) is 9.69 Å². The summed E-state index contributed by atoms with van der Waals surface area (Å²) >= 11 is 0. The molecule has 0 unspecified atom stereocenters. The van der Waals surface area contributed by atoms with E-state index in [9.17, 15) is 4.79 Å². The third kappa shape index (κ3) is 5.76. The first kappa shape index (κ1) is 24.2. The molecule has 0 spiro atoms. The maximum atomic E-state index is 13.1. The summed E-state index contributed by atoms with van der Waals surface area (Å²) < 4.78 is 7.62. The number of carbonyl (C=O) groups excluding carboxylic acids is 1. The third-order valence-electron chi connectivity index (χ3n) is 7.27. The highest BCUT2D eigenvalue weighted by Crippen LogP contribution is 2.41. The van der Waals surface area contributed by atoms with E-state index in [4.69, 9.17) is 4.74 Å². The van der Waals surface area contributed by atoms with Crippen LogP contribution in [-0.4, -0.2) is 40.1 Å². The highest BCUT2D eigenvalue weighted by Gasteiger charge is 2.46. The predicted molar refractivity (Wildman–Crippen MR) is 135 cm³/mol. The van der Waals surface area contributed by atoms with Gasteiger partial charge in [-0.2, -0.15) is 0 Å². The number of nitrogens with zero attached hydrogens (tertiary/aromatic N) is 3. The maximum absolute atomic E-state index is 13.1. The molecule has 1 aliphatic heterocycles. The Morgan fingerprint density at radius 3 is 2.44 bits per heavy atom. The van der Waals surface area contributed by atoms with Crippen molar-refractivity contribution in [1.82, 2.24) is 14.5 Å². The maximum Gasteiger partial charge on any atom is 0.312 e. The van der Waals surface area contributed by atoms with Crippen LogP contribution in [0.5, 0.6) is 0 Å². The first-order chi connectivity index (χ1) is 16.6. The fourth-order valence-corrected chi connectivity index (χ4v) is 5.39. The molecular weight excluding hydrogens is 422 g/mol. The van der Waals surface area contributed by atoms with Crippen LogP contribution in [0.25, 0.3) is 0 Å². The second kappa shape index (κ2) is 11.5. The van der Waals surface area contributed by atoms with E-state index in [1.807, 2.05) is 24.7 Å². The van der Waals surface area contributed by atoms with E-state index >= 15 is 0 Å². The smallest absolute Gasteiger partial charge is 0.312 e. The zero-order valence-corrected chi connectivity index (χ0v) is 20.5. The average Bonchev–Trinajstić information content (AvgIpc) is 3.31. The molecule has 3 aromatic rings. The molecule has 1 fully saturated rings. The number of hydrogen-bond acceptors (Lipinski definition) is 4. The molecule has 0 bridgehead atoms. The minimum Gasteiger partial charge on any atom is -0.469 e. The zero-order valence-electron chi connectivity index (χ0n) is 20.5. The first-order valence-corrected chi connectivity index (χ1v) is 12.5. The van der Waals surface area contributed by atoms with E-state index in [1.54, 1.807) is 0 Å². The standard InChI is InChI=1S/C29H37N3O2/c1-3-4-15-26-19-29(28(33)34-2,18-24-11-7-5-8-12-24)16-17-31(26)22-27-20-30-23-32(27)21-25-13-9-6-10-14-25/h5-14,20,23,26H,3-4,15-19,21-22H2,1-2H3/t26-,29+/m0/s1. The Kier molecular flexibility index (Phi) is 8.17. The Morgan fingerprint density at radius 1 is 1.06 bits per heavy atom. The van der Waals surface area contributed by atoms with Gasteiger partial charge in [0.05, 0.1) is 24.5 Å². The van der Waals surface area contributed by atoms with Crippen molar-refractivity contribution in [3.8, 4) is 0 Å². The molecule has 0 amide bonds. The topological polar surface area (TPSA) is 47.4 Å². The summed E-state index contributed by atoms with van der Waals surface area (Å²) in [6.07, 6.45) is 9.71. The van der Waals surface area contributed by atoms with Crippen LogP contribution < -0.4 is 0 Å². The van der Waals surface area contributed by atoms with Gasteiger partial charge in [0.25, 0.3) is 0 Å². The number of hydrogen-bond donors (Lipinski definition) is 0. The number of benzene rings is 2. The van der Waals surface area contributed by atoms with Crippen LogP contribution in [0.15, 0.2) is 73.2 Å². The molecule has 5 heteroatoms. The largest absolute Gasteiger partial charge is 0.469 e. The monoisotopic (exact) mass is 459 g/mol. The zero-order chi connectivity index (χ0) is 23.8. The van der Waals surface area contributed by atoms with Gasteiger partial charge in [-0.25, -0.2) is 4.98 Å². The quantitative estimate of drug-likeness (QED) is 0.376. The Morgan fingerprint density at radius 2 is 1.76 bits per heavy atom. The van der Waals surface area contributed by atoms with E-state index in [0.717, 1.165) is 58.2 Å². The molecule has 0 aliphatic carbocycles. The number of rotatable bonds is 10. The van der Waals surface area contributed by atoms with E-state index < -0.39 is 5.41 Å². The van der Waals surface area contributed by atoms with Gasteiger partial charge in [0, 0.05) is 25.3 Å². The summed E-state index contributed by atoms with van der Waals surface area (Å²) in [6.45, 7) is 4.79. The van der Waals surface area contributed by atoms with Gasteiger partial charge in [0.1, 0.15) is 0 Å². The molecule has 5 nitrogen and oxygen atoms in total. The summed E-state index contributed by atoms with van der Waals surface area (Å²) in [7, 11) is 1.53. The second-order valence-electron chi connectivity index (χ2n) is 9.65. The number of methoxy groups -OCH3 is 1. The van der Waals surface area contributed by atoms with Crippen molar-refractivity contribution < 1.29 is 9.53 Å². The van der Waals surface area contributed by atoms with E-state index in [1.165, 1.54) is 23.9 Å². The molecule has 1 saturated heterocycles. The van der Waals surface area contributed by atoms with Crippen molar-refractivity contribution in [2.75, 3.05) is 13.7 Å². The van der Waals surface area contributed by atoms with Gasteiger partial charge in [0.15, 0.2) is 0 Å². The molecule has 2 aromatic carbocycles. The molecule has 34 heavy (non-hydrogen) atoms. The molecule has 0 radical (unpaired) electrons. The van der Waals surface area contributed by atoms with Crippen LogP contribution in [0, 0.1) is 5.41 Å². The lowest BCUT2D eigenvalue weighted by Crippen LogP contribution is -2.51. The van der Waals surface area contributed by atoms with Crippen LogP contribution in [0.2, 0.25) is 0 Å². The van der Waals surface area contributed by atoms with Crippen LogP contribution in [0.1, 0.15) is 55.8 Å². The van der Waals surface area contributed by atoms with E-state index in [0.29, 0.717) is 6.04 Å². The lowest BCUT2D eigenvalue weighted by atomic mass is 9.70. The number of aromatic nitrogens is 2. The minimum atomic E-state index is -0.463. The fraction of sp³-hybridized carbons (Fsp3) is 0.448. The highest BCUT2D eigenvalue weighted by atomic mass is 16.5. The Hall–Kier alpha value is -2.92. The van der Waals surface area contributed by atoms with Gasteiger partial charge in [-0.05, 0) is 43.4 Å². The molecule has 0 saturated carbocycles. The molecule has 4 rings (SSSR count). The van der Waals surface area contributed by atoms with Gasteiger partial charge in [-0.1, -0.05) is 80.4 Å². The van der Waals surface area contributed by atoms with Gasteiger partial charge in [0.2, 0.25) is 0 Å². The number of piperidine rings is 1. The Labute approximate surface area is 203 Å². The van der Waals surface area contributed by atoms with Crippen molar-refractivity contribution >= 4 is 5.97 Å². The summed E-state index contributed by atoms with van der Waals surface area (Å²) in [4.78, 5) is 20.2. The molecular formula is C29H37N3O2. The number of imidazole rings is 1. The van der Waals surface area contributed by atoms with Crippen molar-refractivity contribution in [2.24, 2.45) is 5.41 Å². The van der Waals surface area contributed by atoms with Crippen LogP contribution in [0.4, 0.5) is 0 Å². The van der Waals surface area contributed by atoms with Crippen molar-refractivity contribution in [1.29, 1.82) is 0 Å². The molecule has 1 aromatic heterocycles. The van der Waals surface area contributed by atoms with Crippen LogP contribution in [0.3, 0.4) is 0 Å². The molecule has 2 atom stereocenters. The van der Waals surface area contributed by atoms with Crippen LogP contribution in [-0.2, 0) is 29.0 Å². The van der Waals surface area contributed by atoms with Crippen LogP contribution >= 0.6 is 0 Å². The molecule has 180 valence electrons. The predicted octanol–water partition coefficient (Wildman–Crippen LogP) is 5.49. The van der Waals surface area contributed by atoms with Gasteiger partial charge >= 0.3 is 5.97 Å². The molecule has 1 aliphatic rings. The van der Waals surface area contributed by atoms with E-state index in [-0.39, 0.29) is 5.97 Å². The average molecular weight is 460 g/mol. The number of unbranched alkanes of at least 4 members (excludes halogenated alkanes) is 1. The number of ether oxygens (including phenoxy) is 1.